The van der Waals surface area contributed by atoms with E-state index in [2.05, 4.69) is 31.2 Å². The number of unbranched alkanes of at least 4 members (excludes halogenated alkanes) is 9. The molecule has 0 aliphatic rings. The maximum Gasteiger partial charge on any atom is 0.292 e. The van der Waals surface area contributed by atoms with E-state index in [0.717, 1.165) is 73.7 Å². The number of benzene rings is 2. The first kappa shape index (κ1) is 36.6. The number of nitrogens with one attached hydrogen (secondary N) is 6. The Morgan fingerprint density at radius 1 is 0.438 bits per heavy atom. The van der Waals surface area contributed by atoms with E-state index in [4.69, 9.17) is 0 Å². The van der Waals surface area contributed by atoms with Crippen LogP contribution in [0.25, 0.3) is 21.8 Å². The molecule has 0 saturated carbocycles. The number of carbonyl (C=O) groups is 4. The number of hydrogen-bond acceptors (Lipinski definition) is 6. The van der Waals surface area contributed by atoms with Gasteiger partial charge < -0.3 is 31.2 Å². The number of Topliss-reactive ketones (excluding diaryl/α,β-unsaturated/α-hetero) is 2. The standard InChI is InChI=1S/C38H52N6O4/c45-35(31-27-43-33-19-11-9-17-29(31)33)37(47)41-25-15-23-39-21-13-7-5-3-1-2-4-6-8-14-22-40-24-16-26-42-38(48)36(46)32-28-44-34-20-12-10-18-30(32)34/h9-12,17-20,27-28,39-40,43-44H,1-8,13-16,21-26H2,(H,41,47)(H,42,48). The summed E-state index contributed by atoms with van der Waals surface area (Å²) in [5.74, 6) is -2.11. The predicted molar refractivity (Wildman–Crippen MR) is 192 cm³/mol. The van der Waals surface area contributed by atoms with Crippen molar-refractivity contribution in [1.82, 2.24) is 31.2 Å². The van der Waals surface area contributed by atoms with E-state index in [9.17, 15) is 19.2 Å². The van der Waals surface area contributed by atoms with Crippen LogP contribution in [-0.4, -0.2) is 72.6 Å². The Kier molecular flexibility index (Phi) is 15.9. The molecule has 0 bridgehead atoms. The van der Waals surface area contributed by atoms with Crippen LogP contribution in [0, 0.1) is 0 Å². The van der Waals surface area contributed by atoms with Crippen LogP contribution in [0.4, 0.5) is 0 Å². The SMILES string of the molecule is O=C(NCCCNCCCCCCCCCCCCNCCCNC(=O)C(=O)c1c[nH]c2ccccc12)C(=O)c1c[nH]c2ccccc12. The van der Waals surface area contributed by atoms with E-state index in [1.165, 1.54) is 51.4 Å². The molecule has 0 spiro atoms. The Bertz CT molecular complexity index is 1470. The molecule has 4 aromatic rings. The maximum absolute atomic E-state index is 12.5. The number of rotatable bonds is 25. The summed E-state index contributed by atoms with van der Waals surface area (Å²) in [6.45, 7) is 4.58. The third kappa shape index (κ3) is 11.8. The molecule has 0 aliphatic heterocycles. The number of H-pyrrole nitrogens is 2. The summed E-state index contributed by atoms with van der Waals surface area (Å²) in [4.78, 5) is 55.5. The second-order valence-corrected chi connectivity index (χ2v) is 12.4. The van der Waals surface area contributed by atoms with Gasteiger partial charge in [-0.1, -0.05) is 87.8 Å². The van der Waals surface area contributed by atoms with E-state index >= 15 is 0 Å². The number of fused-ring (bicyclic) bond motifs is 2. The van der Waals surface area contributed by atoms with Gasteiger partial charge in [0.15, 0.2) is 0 Å². The number of aromatic nitrogens is 2. The predicted octanol–water partition coefficient (Wildman–Crippen LogP) is 5.81. The minimum atomic E-state index is -0.554. The van der Waals surface area contributed by atoms with E-state index in [0.29, 0.717) is 24.2 Å². The molecule has 48 heavy (non-hydrogen) atoms. The Morgan fingerprint density at radius 3 is 1.21 bits per heavy atom. The van der Waals surface area contributed by atoms with E-state index < -0.39 is 23.4 Å². The lowest BCUT2D eigenvalue weighted by molar-refractivity contribution is -0.117. The van der Waals surface area contributed by atoms with Gasteiger partial charge in [-0.3, -0.25) is 19.2 Å². The van der Waals surface area contributed by atoms with Crippen molar-refractivity contribution in [2.45, 2.75) is 77.0 Å². The molecule has 2 aromatic heterocycles. The summed E-state index contributed by atoms with van der Waals surface area (Å²) in [6, 6.07) is 15.0. The van der Waals surface area contributed by atoms with Crippen LogP contribution in [0.15, 0.2) is 60.9 Å². The Balaban J connectivity index is 0.854. The van der Waals surface area contributed by atoms with E-state index in [1.807, 2.05) is 48.5 Å². The van der Waals surface area contributed by atoms with Crippen LogP contribution in [0.3, 0.4) is 0 Å². The summed E-state index contributed by atoms with van der Waals surface area (Å²) < 4.78 is 0. The zero-order chi connectivity index (χ0) is 33.8. The highest BCUT2D eigenvalue weighted by molar-refractivity contribution is 6.45. The number of aromatic amines is 2. The highest BCUT2D eigenvalue weighted by atomic mass is 16.2. The van der Waals surface area contributed by atoms with Gasteiger partial charge in [-0.05, 0) is 64.0 Å². The number of amides is 2. The third-order valence-corrected chi connectivity index (χ3v) is 8.67. The molecular formula is C38H52N6O4. The van der Waals surface area contributed by atoms with Gasteiger partial charge in [-0.25, -0.2) is 0 Å². The highest BCUT2D eigenvalue weighted by Gasteiger charge is 2.20. The van der Waals surface area contributed by atoms with E-state index in [1.54, 1.807) is 12.4 Å². The smallest absolute Gasteiger partial charge is 0.292 e. The zero-order valence-corrected chi connectivity index (χ0v) is 28.1. The lowest BCUT2D eigenvalue weighted by Crippen LogP contribution is -2.33. The molecule has 2 amide bonds. The Labute approximate surface area is 283 Å². The summed E-state index contributed by atoms with van der Waals surface area (Å²) in [5.41, 5.74) is 2.53. The van der Waals surface area contributed by atoms with Crippen molar-refractivity contribution in [3.8, 4) is 0 Å². The first-order valence-electron chi connectivity index (χ1n) is 17.7. The quantitative estimate of drug-likeness (QED) is 0.0302. The normalized spacial score (nSPS) is 11.2. The molecule has 6 N–H and O–H groups in total. The van der Waals surface area contributed by atoms with Crippen molar-refractivity contribution in [3.05, 3.63) is 72.1 Å². The van der Waals surface area contributed by atoms with Crippen LogP contribution in [0.1, 0.15) is 97.8 Å². The van der Waals surface area contributed by atoms with E-state index in [-0.39, 0.29) is 0 Å². The van der Waals surface area contributed by atoms with Gasteiger partial charge in [0, 0.05) is 47.3 Å². The van der Waals surface area contributed by atoms with Gasteiger partial charge >= 0.3 is 0 Å². The van der Waals surface area contributed by atoms with Crippen molar-refractivity contribution in [1.29, 1.82) is 0 Å². The number of hydrogen-bond donors (Lipinski definition) is 6. The summed E-state index contributed by atoms with van der Waals surface area (Å²) in [6.07, 6.45) is 17.3. The average Bonchev–Trinajstić information content (AvgIpc) is 3.74. The van der Waals surface area contributed by atoms with Gasteiger partial charge in [0.05, 0.1) is 11.1 Å². The van der Waals surface area contributed by atoms with Crippen molar-refractivity contribution in [3.63, 3.8) is 0 Å². The molecule has 258 valence electrons. The molecule has 0 saturated heterocycles. The minimum absolute atomic E-state index is 0.415. The first-order chi connectivity index (χ1) is 23.6. The molecule has 0 atom stereocenters. The average molecular weight is 657 g/mol. The van der Waals surface area contributed by atoms with Gasteiger partial charge in [0.2, 0.25) is 0 Å². The molecule has 10 nitrogen and oxygen atoms in total. The molecule has 0 fully saturated rings. The van der Waals surface area contributed by atoms with Crippen LogP contribution in [-0.2, 0) is 9.59 Å². The van der Waals surface area contributed by atoms with Gasteiger partial charge in [-0.2, -0.15) is 0 Å². The zero-order valence-electron chi connectivity index (χ0n) is 28.1. The fourth-order valence-electron chi connectivity index (χ4n) is 5.92. The van der Waals surface area contributed by atoms with Crippen LogP contribution < -0.4 is 21.3 Å². The van der Waals surface area contributed by atoms with Crippen LogP contribution in [0.2, 0.25) is 0 Å². The highest BCUT2D eigenvalue weighted by Crippen LogP contribution is 2.19. The molecule has 10 heteroatoms. The molecule has 0 aliphatic carbocycles. The molecular weight excluding hydrogens is 604 g/mol. The maximum atomic E-state index is 12.5. The summed E-state index contributed by atoms with van der Waals surface area (Å²) >= 11 is 0. The fourth-order valence-corrected chi connectivity index (χ4v) is 5.92. The lowest BCUT2D eigenvalue weighted by atomic mass is 10.1. The topological polar surface area (TPSA) is 148 Å². The molecule has 2 heterocycles. The van der Waals surface area contributed by atoms with Crippen LogP contribution >= 0.6 is 0 Å². The third-order valence-electron chi connectivity index (χ3n) is 8.67. The van der Waals surface area contributed by atoms with Gasteiger partial charge in [0.25, 0.3) is 23.4 Å². The summed E-state index contributed by atoms with van der Waals surface area (Å²) in [5, 5.41) is 13.9. The number of carbonyl (C=O) groups excluding carboxylic acids is 4. The summed E-state index contributed by atoms with van der Waals surface area (Å²) in [7, 11) is 0. The number of para-hydroxylation sites is 2. The minimum Gasteiger partial charge on any atom is -0.360 e. The van der Waals surface area contributed by atoms with Crippen molar-refractivity contribution >= 4 is 45.2 Å². The monoisotopic (exact) mass is 656 g/mol. The molecule has 0 unspecified atom stereocenters. The van der Waals surface area contributed by atoms with Crippen LogP contribution in [0.5, 0.6) is 0 Å². The second-order valence-electron chi connectivity index (χ2n) is 12.4. The molecule has 2 aromatic carbocycles. The largest absolute Gasteiger partial charge is 0.360 e. The van der Waals surface area contributed by atoms with Crippen molar-refractivity contribution in [2.75, 3.05) is 39.3 Å². The second kappa shape index (κ2) is 20.8. The fraction of sp³-hybridized carbons (Fsp3) is 0.474. The molecule has 4 rings (SSSR count). The first-order valence-corrected chi connectivity index (χ1v) is 17.7. The Morgan fingerprint density at radius 2 is 0.792 bits per heavy atom. The Hall–Kier alpha value is -4.28. The van der Waals surface area contributed by atoms with Gasteiger partial charge in [0.1, 0.15) is 0 Å². The lowest BCUT2D eigenvalue weighted by Gasteiger charge is -2.07. The number of ketones is 2. The molecule has 0 radical (unpaired) electrons. The van der Waals surface area contributed by atoms with Crippen molar-refractivity contribution in [2.24, 2.45) is 0 Å². The van der Waals surface area contributed by atoms with Crippen molar-refractivity contribution < 1.29 is 19.2 Å². The van der Waals surface area contributed by atoms with Gasteiger partial charge in [-0.15, -0.1) is 0 Å².